The van der Waals surface area contributed by atoms with Crippen LogP contribution in [0.25, 0.3) is 0 Å². The van der Waals surface area contributed by atoms with Gasteiger partial charge in [0.25, 0.3) is 0 Å². The van der Waals surface area contributed by atoms with Crippen LogP contribution in [0.3, 0.4) is 0 Å². The molecule has 0 heterocycles. The Labute approximate surface area is 125 Å². The molecular weight excluding hydrogens is 349 g/mol. The molecule has 0 fully saturated rings. The fraction of sp³-hybridized carbons (Fsp3) is 0.417. The maximum atomic E-state index is 9.08. The molecule has 0 aliphatic rings. The average Bonchev–Trinajstić information content (AvgIpc) is 2.20. The van der Waals surface area contributed by atoms with Crippen molar-refractivity contribution in [1.82, 2.24) is 0 Å². The zero-order valence-electron chi connectivity index (χ0n) is 10.3. The second-order valence-electron chi connectivity index (χ2n) is 4.74. The first-order chi connectivity index (χ1) is 7.42. The van der Waals surface area contributed by atoms with Crippen LogP contribution in [0.15, 0.2) is 24.3 Å². The molecule has 0 radical (unpaired) electrons. The van der Waals surface area contributed by atoms with E-state index in [0.29, 0.717) is 11.6 Å². The van der Waals surface area contributed by atoms with Gasteiger partial charge in [0.15, 0.2) is 6.19 Å². The van der Waals surface area contributed by atoms with E-state index < -0.39 is 0 Å². The Morgan fingerprint density at radius 1 is 1.24 bits per heavy atom. The molecule has 0 saturated heterocycles. The standard InChI is InChI=1S/C12H17ClN3.HI/c1-16(2,3)9-8-15(10-14)12-6-4-11(13)5-7-12;/h4-7H,8-9H2,1-3H3;1H/q+1;/p-1. The summed E-state index contributed by atoms with van der Waals surface area (Å²) in [5.41, 5.74) is 0.889. The van der Waals surface area contributed by atoms with Gasteiger partial charge in [-0.15, -0.1) is 0 Å². The molecule has 17 heavy (non-hydrogen) atoms. The summed E-state index contributed by atoms with van der Waals surface area (Å²) < 4.78 is 0.839. The number of rotatable bonds is 4. The lowest BCUT2D eigenvalue weighted by molar-refractivity contribution is -0.868. The molecule has 0 aromatic heterocycles. The molecule has 0 unspecified atom stereocenters. The summed E-state index contributed by atoms with van der Waals surface area (Å²) in [6.45, 7) is 1.62. The maximum Gasteiger partial charge on any atom is 0.184 e. The van der Waals surface area contributed by atoms with Crippen LogP contribution >= 0.6 is 11.6 Å². The van der Waals surface area contributed by atoms with Crippen LogP contribution in [0.5, 0.6) is 0 Å². The Bertz CT molecular complexity index is 378. The first-order valence-electron chi connectivity index (χ1n) is 5.16. The normalized spacial score (nSPS) is 10.3. The molecule has 3 nitrogen and oxygen atoms in total. The van der Waals surface area contributed by atoms with Gasteiger partial charge in [0.2, 0.25) is 0 Å². The van der Waals surface area contributed by atoms with Crippen LogP contribution < -0.4 is 28.9 Å². The zero-order valence-corrected chi connectivity index (χ0v) is 13.2. The largest absolute Gasteiger partial charge is 1.00 e. The third-order valence-corrected chi connectivity index (χ3v) is 2.51. The molecule has 0 atom stereocenters. The van der Waals surface area contributed by atoms with Crippen molar-refractivity contribution in [2.75, 3.05) is 39.1 Å². The summed E-state index contributed by atoms with van der Waals surface area (Å²) in [4.78, 5) is 1.68. The smallest absolute Gasteiger partial charge is 0.184 e. The van der Waals surface area contributed by atoms with Crippen molar-refractivity contribution in [3.8, 4) is 6.19 Å². The number of nitrogens with zero attached hydrogens (tertiary/aromatic N) is 3. The Morgan fingerprint density at radius 3 is 2.18 bits per heavy atom. The molecule has 0 aliphatic carbocycles. The van der Waals surface area contributed by atoms with E-state index in [1.54, 1.807) is 17.0 Å². The van der Waals surface area contributed by atoms with Gasteiger partial charge in [-0.1, -0.05) is 11.6 Å². The zero-order chi connectivity index (χ0) is 12.2. The van der Waals surface area contributed by atoms with Crippen molar-refractivity contribution in [2.45, 2.75) is 0 Å². The molecule has 0 N–H and O–H groups in total. The van der Waals surface area contributed by atoms with E-state index in [-0.39, 0.29) is 24.0 Å². The third-order valence-electron chi connectivity index (χ3n) is 2.25. The van der Waals surface area contributed by atoms with Crippen LogP contribution in [0.1, 0.15) is 0 Å². The lowest BCUT2D eigenvalue weighted by Gasteiger charge is -2.26. The molecule has 0 bridgehead atoms. The Hall–Kier alpha value is -0.510. The van der Waals surface area contributed by atoms with E-state index in [1.807, 2.05) is 12.1 Å². The summed E-state index contributed by atoms with van der Waals surface area (Å²) in [6, 6.07) is 7.32. The van der Waals surface area contributed by atoms with Gasteiger partial charge in [-0.05, 0) is 24.3 Å². The van der Waals surface area contributed by atoms with E-state index in [2.05, 4.69) is 27.3 Å². The van der Waals surface area contributed by atoms with Crippen LogP contribution in [-0.2, 0) is 0 Å². The van der Waals surface area contributed by atoms with Gasteiger partial charge in [-0.25, -0.2) is 0 Å². The topological polar surface area (TPSA) is 27.0 Å². The molecule has 0 saturated carbocycles. The van der Waals surface area contributed by atoms with E-state index >= 15 is 0 Å². The Kier molecular flexibility index (Phi) is 6.83. The van der Waals surface area contributed by atoms with Crippen molar-refractivity contribution in [1.29, 1.82) is 5.26 Å². The molecule has 0 aliphatic heterocycles. The summed E-state index contributed by atoms with van der Waals surface area (Å²) in [5, 5.41) is 9.77. The van der Waals surface area contributed by atoms with Gasteiger partial charge in [-0.2, -0.15) is 5.26 Å². The van der Waals surface area contributed by atoms with Gasteiger partial charge in [0, 0.05) is 5.02 Å². The predicted octanol–water partition coefficient (Wildman–Crippen LogP) is -0.662. The quantitative estimate of drug-likeness (QED) is 0.307. The average molecular weight is 366 g/mol. The molecule has 5 heteroatoms. The number of anilines is 1. The second kappa shape index (κ2) is 7.04. The summed E-state index contributed by atoms with van der Waals surface area (Å²) >= 11 is 5.80. The van der Waals surface area contributed by atoms with E-state index in [0.717, 1.165) is 16.7 Å². The summed E-state index contributed by atoms with van der Waals surface area (Å²) in [7, 11) is 6.33. The highest BCUT2D eigenvalue weighted by atomic mass is 127. The van der Waals surface area contributed by atoms with E-state index in [9.17, 15) is 0 Å². The monoisotopic (exact) mass is 365 g/mol. The second-order valence-corrected chi connectivity index (χ2v) is 5.18. The van der Waals surface area contributed by atoms with Crippen molar-refractivity contribution in [3.05, 3.63) is 29.3 Å². The number of benzene rings is 1. The molecule has 0 amide bonds. The number of hydrogen-bond donors (Lipinski definition) is 0. The minimum absolute atomic E-state index is 0. The van der Waals surface area contributed by atoms with Crippen molar-refractivity contribution < 1.29 is 28.5 Å². The van der Waals surface area contributed by atoms with Gasteiger partial charge in [0.1, 0.15) is 0 Å². The van der Waals surface area contributed by atoms with Crippen molar-refractivity contribution in [3.63, 3.8) is 0 Å². The maximum absolute atomic E-state index is 9.08. The number of hydrogen-bond acceptors (Lipinski definition) is 2. The van der Waals surface area contributed by atoms with Gasteiger partial charge < -0.3 is 28.5 Å². The number of nitriles is 1. The van der Waals surface area contributed by atoms with E-state index in [4.69, 9.17) is 16.9 Å². The van der Waals surface area contributed by atoms with Crippen LogP contribution in [0.4, 0.5) is 5.69 Å². The first kappa shape index (κ1) is 16.5. The highest BCUT2D eigenvalue weighted by Gasteiger charge is 2.11. The first-order valence-corrected chi connectivity index (χ1v) is 5.53. The fourth-order valence-corrected chi connectivity index (χ4v) is 1.38. The van der Waals surface area contributed by atoms with Gasteiger partial charge in [-0.3, -0.25) is 4.90 Å². The SMILES string of the molecule is C[N+](C)(C)CCN(C#N)c1ccc(Cl)cc1.[I-]. The molecule has 0 spiro atoms. The predicted molar refractivity (Wildman–Crippen MR) is 67.3 cm³/mol. The minimum Gasteiger partial charge on any atom is -1.00 e. The van der Waals surface area contributed by atoms with Crippen molar-refractivity contribution in [2.24, 2.45) is 0 Å². The fourth-order valence-electron chi connectivity index (χ4n) is 1.26. The molecule has 1 aromatic carbocycles. The van der Waals surface area contributed by atoms with E-state index in [1.165, 1.54) is 0 Å². The molecular formula is C12H17ClIN3. The lowest BCUT2D eigenvalue weighted by atomic mass is 10.3. The number of halogens is 2. The van der Waals surface area contributed by atoms with Crippen LogP contribution in [-0.4, -0.2) is 38.7 Å². The Balaban J connectivity index is 0.00000256. The number of quaternary nitrogens is 1. The molecule has 94 valence electrons. The van der Waals surface area contributed by atoms with Crippen molar-refractivity contribution >= 4 is 17.3 Å². The minimum atomic E-state index is 0. The van der Waals surface area contributed by atoms with Crippen LogP contribution in [0.2, 0.25) is 5.02 Å². The van der Waals surface area contributed by atoms with Gasteiger partial charge in [0.05, 0.1) is 39.9 Å². The number of likely N-dealkylation sites (N-methyl/N-ethyl adjacent to an activating group) is 1. The van der Waals surface area contributed by atoms with Gasteiger partial charge >= 0.3 is 0 Å². The summed E-state index contributed by atoms with van der Waals surface area (Å²) in [5.74, 6) is 0. The third kappa shape index (κ3) is 6.10. The molecule has 1 rings (SSSR count). The summed E-state index contributed by atoms with van der Waals surface area (Å²) in [6.07, 6.45) is 2.19. The highest BCUT2D eigenvalue weighted by Crippen LogP contribution is 2.17. The molecule has 1 aromatic rings. The lowest BCUT2D eigenvalue weighted by Crippen LogP contribution is -3.00. The van der Waals surface area contributed by atoms with Crippen LogP contribution in [0, 0.1) is 11.5 Å². The Morgan fingerprint density at radius 2 is 1.76 bits per heavy atom. The highest BCUT2D eigenvalue weighted by molar-refractivity contribution is 6.30.